The standard InChI is InChI=1S/C13H18BrN/c1-9(2)11-7-15(8-11)13-6-12(14)5-4-10(13)3/h4-6,9,11H,7-8H2,1-3H3. The fraction of sp³-hybridized carbons (Fsp3) is 0.538. The molecule has 15 heavy (non-hydrogen) atoms. The van der Waals surface area contributed by atoms with Gasteiger partial charge in [-0.2, -0.15) is 0 Å². The maximum atomic E-state index is 3.54. The van der Waals surface area contributed by atoms with E-state index in [2.05, 4.69) is 59.8 Å². The molecule has 0 bridgehead atoms. The summed E-state index contributed by atoms with van der Waals surface area (Å²) in [6.45, 7) is 9.25. The maximum absolute atomic E-state index is 3.54. The van der Waals surface area contributed by atoms with Crippen molar-refractivity contribution in [3.63, 3.8) is 0 Å². The van der Waals surface area contributed by atoms with Gasteiger partial charge >= 0.3 is 0 Å². The summed E-state index contributed by atoms with van der Waals surface area (Å²) in [5.41, 5.74) is 2.77. The van der Waals surface area contributed by atoms with Crippen LogP contribution in [-0.4, -0.2) is 13.1 Å². The van der Waals surface area contributed by atoms with Gasteiger partial charge in [0.05, 0.1) is 0 Å². The molecule has 0 spiro atoms. The van der Waals surface area contributed by atoms with Crippen molar-refractivity contribution in [3.8, 4) is 0 Å². The SMILES string of the molecule is Cc1ccc(Br)cc1N1CC(C(C)C)C1. The monoisotopic (exact) mass is 267 g/mol. The predicted molar refractivity (Wildman–Crippen MR) is 69.4 cm³/mol. The van der Waals surface area contributed by atoms with Crippen LogP contribution in [0.2, 0.25) is 0 Å². The third-order valence-electron chi connectivity index (χ3n) is 3.36. The number of nitrogens with zero attached hydrogens (tertiary/aromatic N) is 1. The van der Waals surface area contributed by atoms with Gasteiger partial charge in [-0.25, -0.2) is 0 Å². The molecule has 1 aromatic rings. The van der Waals surface area contributed by atoms with E-state index in [0.717, 1.165) is 11.8 Å². The molecule has 1 saturated heterocycles. The molecule has 0 aromatic heterocycles. The van der Waals surface area contributed by atoms with E-state index in [4.69, 9.17) is 0 Å². The molecule has 1 aliphatic rings. The van der Waals surface area contributed by atoms with Crippen molar-refractivity contribution in [2.75, 3.05) is 18.0 Å². The van der Waals surface area contributed by atoms with Crippen LogP contribution in [0.15, 0.2) is 22.7 Å². The van der Waals surface area contributed by atoms with E-state index < -0.39 is 0 Å². The average Bonchev–Trinajstić information content (AvgIpc) is 2.08. The third-order valence-corrected chi connectivity index (χ3v) is 3.86. The Morgan fingerprint density at radius 1 is 1.33 bits per heavy atom. The Hall–Kier alpha value is -0.500. The molecule has 0 aliphatic carbocycles. The van der Waals surface area contributed by atoms with Crippen LogP contribution < -0.4 is 4.90 Å². The predicted octanol–water partition coefficient (Wildman–Crippen LogP) is 3.85. The number of hydrogen-bond donors (Lipinski definition) is 0. The molecule has 0 unspecified atom stereocenters. The minimum atomic E-state index is 0.814. The summed E-state index contributed by atoms with van der Waals surface area (Å²) in [5, 5.41) is 0. The van der Waals surface area contributed by atoms with Gasteiger partial charge in [-0.1, -0.05) is 35.8 Å². The van der Waals surface area contributed by atoms with E-state index in [0.29, 0.717) is 0 Å². The van der Waals surface area contributed by atoms with Crippen molar-refractivity contribution in [1.82, 2.24) is 0 Å². The summed E-state index contributed by atoms with van der Waals surface area (Å²) in [5.74, 6) is 1.69. The molecule has 1 heterocycles. The summed E-state index contributed by atoms with van der Waals surface area (Å²) in [7, 11) is 0. The van der Waals surface area contributed by atoms with Crippen LogP contribution in [0.25, 0.3) is 0 Å². The molecular weight excluding hydrogens is 250 g/mol. The average molecular weight is 268 g/mol. The summed E-state index contributed by atoms with van der Waals surface area (Å²) < 4.78 is 1.18. The lowest BCUT2D eigenvalue weighted by atomic mass is 9.87. The minimum Gasteiger partial charge on any atom is -0.371 e. The lowest BCUT2D eigenvalue weighted by molar-refractivity contribution is 0.309. The second-order valence-electron chi connectivity index (χ2n) is 4.84. The van der Waals surface area contributed by atoms with Gasteiger partial charge in [-0.3, -0.25) is 0 Å². The molecule has 82 valence electrons. The topological polar surface area (TPSA) is 3.24 Å². The van der Waals surface area contributed by atoms with Crippen LogP contribution in [0.5, 0.6) is 0 Å². The zero-order valence-corrected chi connectivity index (χ0v) is 11.2. The summed E-state index contributed by atoms with van der Waals surface area (Å²) >= 11 is 3.54. The van der Waals surface area contributed by atoms with Gasteiger partial charge in [-0.05, 0) is 36.5 Å². The molecule has 1 nitrogen and oxygen atoms in total. The lowest BCUT2D eigenvalue weighted by Gasteiger charge is -2.44. The Labute approximate surface area is 101 Å². The Kier molecular flexibility index (Phi) is 3.06. The number of rotatable bonds is 2. The van der Waals surface area contributed by atoms with Crippen LogP contribution in [0.1, 0.15) is 19.4 Å². The van der Waals surface area contributed by atoms with Crippen molar-refractivity contribution in [2.24, 2.45) is 11.8 Å². The lowest BCUT2D eigenvalue weighted by Crippen LogP contribution is -2.49. The first-order valence-corrected chi connectivity index (χ1v) is 6.38. The molecule has 0 atom stereocenters. The first-order valence-electron chi connectivity index (χ1n) is 5.59. The molecule has 0 N–H and O–H groups in total. The van der Waals surface area contributed by atoms with E-state index in [-0.39, 0.29) is 0 Å². The van der Waals surface area contributed by atoms with Crippen molar-refractivity contribution in [2.45, 2.75) is 20.8 Å². The second-order valence-corrected chi connectivity index (χ2v) is 5.76. The van der Waals surface area contributed by atoms with Gasteiger partial charge in [0.15, 0.2) is 0 Å². The fourth-order valence-corrected chi connectivity index (χ4v) is 2.40. The minimum absolute atomic E-state index is 0.814. The zero-order valence-electron chi connectivity index (χ0n) is 9.63. The quantitative estimate of drug-likeness (QED) is 0.787. The van der Waals surface area contributed by atoms with E-state index >= 15 is 0 Å². The number of benzene rings is 1. The van der Waals surface area contributed by atoms with Crippen LogP contribution in [-0.2, 0) is 0 Å². The molecular formula is C13H18BrN. The first-order chi connectivity index (χ1) is 7.08. The Balaban J connectivity index is 2.09. The first kappa shape index (κ1) is 11.0. The van der Waals surface area contributed by atoms with Crippen molar-refractivity contribution < 1.29 is 0 Å². The van der Waals surface area contributed by atoms with Gasteiger partial charge in [0.2, 0.25) is 0 Å². The van der Waals surface area contributed by atoms with Crippen LogP contribution >= 0.6 is 15.9 Å². The molecule has 2 heteroatoms. The van der Waals surface area contributed by atoms with Crippen LogP contribution in [0.4, 0.5) is 5.69 Å². The van der Waals surface area contributed by atoms with Crippen molar-refractivity contribution in [3.05, 3.63) is 28.2 Å². The van der Waals surface area contributed by atoms with E-state index in [1.807, 2.05) is 0 Å². The Morgan fingerprint density at radius 3 is 2.60 bits per heavy atom. The molecule has 1 aromatic carbocycles. The Bertz CT molecular complexity index is 354. The van der Waals surface area contributed by atoms with E-state index in [1.165, 1.54) is 28.8 Å². The highest BCUT2D eigenvalue weighted by Crippen LogP contribution is 2.32. The normalized spacial score (nSPS) is 17.0. The molecule has 1 fully saturated rings. The highest BCUT2D eigenvalue weighted by Gasteiger charge is 2.29. The van der Waals surface area contributed by atoms with Crippen molar-refractivity contribution >= 4 is 21.6 Å². The highest BCUT2D eigenvalue weighted by molar-refractivity contribution is 9.10. The van der Waals surface area contributed by atoms with Gasteiger partial charge in [0.1, 0.15) is 0 Å². The molecule has 0 amide bonds. The Morgan fingerprint density at radius 2 is 2.00 bits per heavy atom. The van der Waals surface area contributed by atoms with Gasteiger partial charge in [-0.15, -0.1) is 0 Å². The largest absolute Gasteiger partial charge is 0.371 e. The van der Waals surface area contributed by atoms with Gasteiger partial charge in [0, 0.05) is 23.2 Å². The zero-order chi connectivity index (χ0) is 11.0. The molecule has 0 radical (unpaired) electrons. The molecule has 1 aliphatic heterocycles. The summed E-state index contributed by atoms with van der Waals surface area (Å²) in [6, 6.07) is 6.52. The van der Waals surface area contributed by atoms with E-state index in [1.54, 1.807) is 0 Å². The third kappa shape index (κ3) is 2.20. The second kappa shape index (κ2) is 4.17. The highest BCUT2D eigenvalue weighted by atomic mass is 79.9. The van der Waals surface area contributed by atoms with Gasteiger partial charge in [0.25, 0.3) is 0 Å². The van der Waals surface area contributed by atoms with Crippen LogP contribution in [0, 0.1) is 18.8 Å². The summed E-state index contributed by atoms with van der Waals surface area (Å²) in [4.78, 5) is 2.48. The number of anilines is 1. The molecule has 2 rings (SSSR count). The van der Waals surface area contributed by atoms with Gasteiger partial charge < -0.3 is 4.90 Å². The van der Waals surface area contributed by atoms with Crippen molar-refractivity contribution in [1.29, 1.82) is 0 Å². The number of halogens is 1. The summed E-state index contributed by atoms with van der Waals surface area (Å²) in [6.07, 6.45) is 0. The van der Waals surface area contributed by atoms with Crippen LogP contribution in [0.3, 0.4) is 0 Å². The number of aryl methyl sites for hydroxylation is 1. The smallest absolute Gasteiger partial charge is 0.0407 e. The molecule has 0 saturated carbocycles. The van der Waals surface area contributed by atoms with E-state index in [9.17, 15) is 0 Å². The number of hydrogen-bond acceptors (Lipinski definition) is 1. The fourth-order valence-electron chi connectivity index (χ4n) is 2.05. The maximum Gasteiger partial charge on any atom is 0.0407 e.